The molecule has 0 bridgehead atoms. The van der Waals surface area contributed by atoms with E-state index in [0.717, 1.165) is 11.3 Å². The third kappa shape index (κ3) is 3.82. The Kier molecular flexibility index (Phi) is 4.89. The predicted octanol–water partition coefficient (Wildman–Crippen LogP) is 3.52. The molecule has 1 atom stereocenters. The van der Waals surface area contributed by atoms with E-state index in [1.54, 1.807) is 30.7 Å². The van der Waals surface area contributed by atoms with Crippen LogP contribution in [-0.2, 0) is 9.84 Å². The molecule has 0 aromatic carbocycles. The van der Waals surface area contributed by atoms with Crippen LogP contribution in [0.15, 0.2) is 27.1 Å². The molecule has 1 aliphatic heterocycles. The van der Waals surface area contributed by atoms with Crippen LogP contribution in [0.5, 0.6) is 0 Å². The fourth-order valence-corrected chi connectivity index (χ4v) is 6.03. The number of anilines is 1. The molecular formula is C22H23N5O5S. The van der Waals surface area contributed by atoms with Gasteiger partial charge in [-0.3, -0.25) is 4.79 Å². The second-order valence-corrected chi connectivity index (χ2v) is 10.7. The van der Waals surface area contributed by atoms with Crippen molar-refractivity contribution in [3.8, 4) is 11.3 Å². The first-order valence-electron chi connectivity index (χ1n) is 10.5. The zero-order valence-corrected chi connectivity index (χ0v) is 19.5. The van der Waals surface area contributed by atoms with Crippen molar-refractivity contribution >= 4 is 32.7 Å². The van der Waals surface area contributed by atoms with Gasteiger partial charge in [0, 0.05) is 11.6 Å². The van der Waals surface area contributed by atoms with E-state index in [1.165, 1.54) is 0 Å². The fraction of sp³-hybridized carbons (Fsp3) is 0.364. The van der Waals surface area contributed by atoms with Crippen LogP contribution < -0.4 is 5.32 Å². The summed E-state index contributed by atoms with van der Waals surface area (Å²) in [4.78, 5) is 18.0. The van der Waals surface area contributed by atoms with Gasteiger partial charge in [0.15, 0.2) is 9.84 Å². The van der Waals surface area contributed by atoms with E-state index in [2.05, 4.69) is 20.6 Å². The van der Waals surface area contributed by atoms with Crippen LogP contribution in [-0.4, -0.2) is 45.8 Å². The van der Waals surface area contributed by atoms with E-state index in [0.29, 0.717) is 46.0 Å². The number of furan rings is 1. The zero-order valence-electron chi connectivity index (χ0n) is 18.7. The predicted molar refractivity (Wildman–Crippen MR) is 121 cm³/mol. The van der Waals surface area contributed by atoms with Gasteiger partial charge in [-0.05, 0) is 46.2 Å². The summed E-state index contributed by atoms with van der Waals surface area (Å²) in [6.45, 7) is 7.21. The molecule has 5 heterocycles. The molecule has 0 aliphatic carbocycles. The summed E-state index contributed by atoms with van der Waals surface area (Å²) in [5.74, 6) is 1.57. The van der Waals surface area contributed by atoms with Crippen molar-refractivity contribution in [2.24, 2.45) is 0 Å². The Balaban J connectivity index is 1.56. The van der Waals surface area contributed by atoms with Crippen molar-refractivity contribution in [1.29, 1.82) is 0 Å². The molecule has 1 saturated heterocycles. The number of sulfone groups is 1. The summed E-state index contributed by atoms with van der Waals surface area (Å²) < 4.78 is 36.5. The van der Waals surface area contributed by atoms with Gasteiger partial charge in [-0.15, -0.1) is 0 Å². The molecule has 1 aliphatic rings. The number of rotatable bonds is 4. The summed E-state index contributed by atoms with van der Waals surface area (Å²) in [7, 11) is -3.11. The minimum atomic E-state index is -3.11. The van der Waals surface area contributed by atoms with Crippen molar-refractivity contribution < 1.29 is 22.2 Å². The quantitative estimate of drug-likeness (QED) is 0.480. The Morgan fingerprint density at radius 1 is 1.18 bits per heavy atom. The second-order valence-electron chi connectivity index (χ2n) is 8.46. The molecule has 172 valence electrons. The minimum Gasteiger partial charge on any atom is -0.466 e. The van der Waals surface area contributed by atoms with Gasteiger partial charge in [0.25, 0.3) is 11.6 Å². The Hall–Kier alpha value is -3.47. The third-order valence-corrected chi connectivity index (χ3v) is 7.58. The average molecular weight is 470 g/mol. The van der Waals surface area contributed by atoms with E-state index < -0.39 is 15.7 Å². The van der Waals surface area contributed by atoms with E-state index in [9.17, 15) is 13.2 Å². The van der Waals surface area contributed by atoms with Crippen molar-refractivity contribution in [2.45, 2.75) is 40.2 Å². The van der Waals surface area contributed by atoms with Crippen LogP contribution >= 0.6 is 0 Å². The summed E-state index contributed by atoms with van der Waals surface area (Å²) in [6, 6.07) is 4.95. The van der Waals surface area contributed by atoms with Crippen LogP contribution in [0.25, 0.3) is 22.4 Å². The standard InChI is InChI=1S/C22H23N5O5S/c1-11-7-19(27(25-11)15-5-6-33(29,30)10-15)24-21(28)17-9-18(16-8-12(2)31-14(16)4)23-22-20(17)13(3)26-32-22/h7-9,15H,5-6,10H2,1-4H3,(H,24,28). The molecular weight excluding hydrogens is 446 g/mol. The molecule has 33 heavy (non-hydrogen) atoms. The largest absolute Gasteiger partial charge is 0.466 e. The van der Waals surface area contributed by atoms with E-state index in [-0.39, 0.29) is 23.3 Å². The van der Waals surface area contributed by atoms with Gasteiger partial charge in [-0.2, -0.15) is 5.10 Å². The first-order chi connectivity index (χ1) is 15.6. The molecule has 5 rings (SSSR count). The number of hydrogen-bond acceptors (Lipinski definition) is 8. The molecule has 4 aromatic heterocycles. The van der Waals surface area contributed by atoms with Gasteiger partial charge in [-0.1, -0.05) is 5.16 Å². The molecule has 0 spiro atoms. The molecule has 0 radical (unpaired) electrons. The molecule has 1 amide bonds. The SMILES string of the molecule is Cc1cc(NC(=O)c2cc(-c3cc(C)oc3C)nc3onc(C)c23)n(C2CCS(=O)(=O)C2)n1. The van der Waals surface area contributed by atoms with Crippen LogP contribution in [0.2, 0.25) is 0 Å². The van der Waals surface area contributed by atoms with E-state index in [1.807, 2.05) is 19.9 Å². The number of fused-ring (bicyclic) bond motifs is 1. The second kappa shape index (κ2) is 7.55. The Labute approximate surface area is 189 Å². The lowest BCUT2D eigenvalue weighted by atomic mass is 10.1. The van der Waals surface area contributed by atoms with Gasteiger partial charge in [0.1, 0.15) is 17.3 Å². The highest BCUT2D eigenvalue weighted by Gasteiger charge is 2.32. The summed E-state index contributed by atoms with van der Waals surface area (Å²) in [5, 5.41) is 11.8. The van der Waals surface area contributed by atoms with Crippen molar-refractivity contribution in [3.05, 3.63) is 46.7 Å². The van der Waals surface area contributed by atoms with Crippen molar-refractivity contribution in [2.75, 3.05) is 16.8 Å². The first-order valence-corrected chi connectivity index (χ1v) is 12.4. The highest BCUT2D eigenvalue weighted by atomic mass is 32.2. The number of amides is 1. The van der Waals surface area contributed by atoms with E-state index in [4.69, 9.17) is 8.94 Å². The third-order valence-electron chi connectivity index (χ3n) is 5.83. The highest BCUT2D eigenvalue weighted by molar-refractivity contribution is 7.91. The molecule has 1 N–H and O–H groups in total. The van der Waals surface area contributed by atoms with Crippen LogP contribution in [0.3, 0.4) is 0 Å². The maximum Gasteiger partial charge on any atom is 0.259 e. The number of carbonyl (C=O) groups excluding carboxylic acids is 1. The van der Waals surface area contributed by atoms with Gasteiger partial charge in [0.05, 0.1) is 45.6 Å². The van der Waals surface area contributed by atoms with Crippen molar-refractivity contribution in [3.63, 3.8) is 0 Å². The maximum absolute atomic E-state index is 13.5. The molecule has 1 fully saturated rings. The number of nitrogens with one attached hydrogen (secondary N) is 1. The lowest BCUT2D eigenvalue weighted by molar-refractivity contribution is 0.102. The van der Waals surface area contributed by atoms with Gasteiger partial charge >= 0.3 is 0 Å². The smallest absolute Gasteiger partial charge is 0.259 e. The van der Waals surface area contributed by atoms with Crippen LogP contribution in [0.4, 0.5) is 5.82 Å². The minimum absolute atomic E-state index is 0.00448. The number of pyridine rings is 1. The number of aromatic nitrogens is 4. The van der Waals surface area contributed by atoms with Gasteiger partial charge in [0.2, 0.25) is 0 Å². The summed E-state index contributed by atoms with van der Waals surface area (Å²) in [6.07, 6.45) is 0.458. The topological polar surface area (TPSA) is 133 Å². The normalized spacial score (nSPS) is 17.6. The molecule has 11 heteroatoms. The lowest BCUT2D eigenvalue weighted by Gasteiger charge is -2.14. The number of carbonyl (C=O) groups is 1. The van der Waals surface area contributed by atoms with E-state index >= 15 is 0 Å². The monoisotopic (exact) mass is 469 g/mol. The Morgan fingerprint density at radius 3 is 2.64 bits per heavy atom. The number of hydrogen-bond donors (Lipinski definition) is 1. The number of nitrogens with zero attached hydrogens (tertiary/aromatic N) is 4. The maximum atomic E-state index is 13.5. The van der Waals surface area contributed by atoms with Crippen LogP contribution in [0, 0.1) is 27.7 Å². The zero-order chi connectivity index (χ0) is 23.5. The first kappa shape index (κ1) is 21.4. The molecule has 0 saturated carbocycles. The average Bonchev–Trinajstić information content (AvgIpc) is 3.48. The lowest BCUT2D eigenvalue weighted by Crippen LogP contribution is -2.20. The Bertz CT molecular complexity index is 1510. The Morgan fingerprint density at radius 2 is 1.97 bits per heavy atom. The molecule has 10 nitrogen and oxygen atoms in total. The molecule has 1 unspecified atom stereocenters. The van der Waals surface area contributed by atoms with Crippen LogP contribution in [0.1, 0.15) is 45.7 Å². The van der Waals surface area contributed by atoms with Gasteiger partial charge in [-0.25, -0.2) is 18.1 Å². The summed E-state index contributed by atoms with van der Waals surface area (Å²) >= 11 is 0. The van der Waals surface area contributed by atoms with Gasteiger partial charge < -0.3 is 14.3 Å². The molecule has 4 aromatic rings. The van der Waals surface area contributed by atoms with Crippen molar-refractivity contribution in [1.82, 2.24) is 19.9 Å². The number of aryl methyl sites for hydroxylation is 4. The fourth-order valence-electron chi connectivity index (χ4n) is 4.34. The highest BCUT2D eigenvalue weighted by Crippen LogP contribution is 2.32. The summed E-state index contributed by atoms with van der Waals surface area (Å²) in [5.41, 5.74) is 3.11.